The number of amides is 2. The molecule has 0 aliphatic carbocycles. The molecule has 1 aromatic carbocycles. The van der Waals surface area contributed by atoms with Gasteiger partial charge in [0.15, 0.2) is 0 Å². The van der Waals surface area contributed by atoms with Gasteiger partial charge < -0.3 is 20.7 Å². The van der Waals surface area contributed by atoms with Crippen molar-refractivity contribution in [3.05, 3.63) is 24.3 Å². The van der Waals surface area contributed by atoms with Gasteiger partial charge in [-0.1, -0.05) is 12.2 Å². The van der Waals surface area contributed by atoms with E-state index in [2.05, 4.69) is 5.32 Å². The van der Waals surface area contributed by atoms with Gasteiger partial charge in [0.05, 0.1) is 0 Å². The minimum atomic E-state index is -0.0469. The zero-order valence-corrected chi connectivity index (χ0v) is 11.4. The molecule has 2 amide bonds. The fraction of sp³-hybridized carbons (Fsp3) is 0.385. The number of benzene rings is 1. The molecule has 1 heterocycles. The van der Waals surface area contributed by atoms with E-state index < -0.39 is 0 Å². The SMILES string of the molecule is NC(=S)COc1ccc(NC(=O)N2CCCC2)cc1. The number of rotatable bonds is 4. The Labute approximate surface area is 117 Å². The van der Waals surface area contributed by atoms with Gasteiger partial charge in [0.25, 0.3) is 0 Å². The maximum Gasteiger partial charge on any atom is 0.321 e. The van der Waals surface area contributed by atoms with Crippen LogP contribution in [0.4, 0.5) is 10.5 Å². The molecule has 0 atom stereocenters. The van der Waals surface area contributed by atoms with E-state index in [1.807, 2.05) is 4.90 Å². The molecule has 0 radical (unpaired) electrons. The monoisotopic (exact) mass is 279 g/mol. The highest BCUT2D eigenvalue weighted by Crippen LogP contribution is 2.17. The average Bonchev–Trinajstić information content (AvgIpc) is 2.92. The summed E-state index contributed by atoms with van der Waals surface area (Å²) in [6.45, 7) is 1.89. The van der Waals surface area contributed by atoms with E-state index in [9.17, 15) is 4.79 Å². The Hall–Kier alpha value is -1.82. The zero-order valence-electron chi connectivity index (χ0n) is 10.6. The summed E-state index contributed by atoms with van der Waals surface area (Å²) in [6.07, 6.45) is 2.17. The Morgan fingerprint density at radius 3 is 2.53 bits per heavy atom. The van der Waals surface area contributed by atoms with Gasteiger partial charge in [-0.15, -0.1) is 0 Å². The Bertz CT molecular complexity index is 455. The first kappa shape index (κ1) is 13.6. The molecular weight excluding hydrogens is 262 g/mol. The van der Waals surface area contributed by atoms with Crippen LogP contribution in [0, 0.1) is 0 Å². The number of thiocarbonyl (C=S) groups is 1. The minimum Gasteiger partial charge on any atom is -0.487 e. The predicted octanol–water partition coefficient (Wildman–Crippen LogP) is 1.98. The summed E-state index contributed by atoms with van der Waals surface area (Å²) in [5.74, 6) is 0.673. The number of urea groups is 1. The quantitative estimate of drug-likeness (QED) is 0.827. The molecule has 0 saturated carbocycles. The van der Waals surface area contributed by atoms with Gasteiger partial charge in [0.2, 0.25) is 0 Å². The molecule has 0 aromatic heterocycles. The predicted molar refractivity (Wildman–Crippen MR) is 78.5 cm³/mol. The van der Waals surface area contributed by atoms with Crippen LogP contribution in [0.5, 0.6) is 5.75 Å². The van der Waals surface area contributed by atoms with Gasteiger partial charge in [-0.2, -0.15) is 0 Å². The fourth-order valence-corrected chi connectivity index (χ4v) is 1.97. The first-order chi connectivity index (χ1) is 9.15. The number of nitrogens with two attached hydrogens (primary N) is 1. The van der Waals surface area contributed by atoms with E-state index in [1.165, 1.54) is 0 Å². The van der Waals surface area contributed by atoms with Gasteiger partial charge >= 0.3 is 6.03 Å². The first-order valence-corrected chi connectivity index (χ1v) is 6.63. The maximum absolute atomic E-state index is 11.9. The zero-order chi connectivity index (χ0) is 13.7. The van der Waals surface area contributed by atoms with Crippen molar-refractivity contribution in [3.63, 3.8) is 0 Å². The van der Waals surface area contributed by atoms with Crippen LogP contribution in [0.2, 0.25) is 0 Å². The molecule has 1 aliphatic heterocycles. The largest absolute Gasteiger partial charge is 0.487 e. The van der Waals surface area contributed by atoms with Crippen LogP contribution in [0.1, 0.15) is 12.8 Å². The van der Waals surface area contributed by atoms with Crippen LogP contribution in [0.25, 0.3) is 0 Å². The highest BCUT2D eigenvalue weighted by Gasteiger charge is 2.17. The Kier molecular flexibility index (Phi) is 4.57. The maximum atomic E-state index is 11.9. The molecule has 3 N–H and O–H groups in total. The van der Waals surface area contributed by atoms with E-state index in [1.54, 1.807) is 24.3 Å². The lowest BCUT2D eigenvalue weighted by Crippen LogP contribution is -2.32. The number of carbonyl (C=O) groups excluding carboxylic acids is 1. The lowest BCUT2D eigenvalue weighted by atomic mass is 10.3. The van der Waals surface area contributed by atoms with Gasteiger partial charge in [0, 0.05) is 18.8 Å². The second kappa shape index (κ2) is 6.38. The molecule has 19 heavy (non-hydrogen) atoms. The van der Waals surface area contributed by atoms with E-state index in [0.717, 1.165) is 31.6 Å². The number of hydrogen-bond acceptors (Lipinski definition) is 3. The van der Waals surface area contributed by atoms with Crippen molar-refractivity contribution in [2.45, 2.75) is 12.8 Å². The highest BCUT2D eigenvalue weighted by atomic mass is 32.1. The van der Waals surface area contributed by atoms with Gasteiger partial charge in [0.1, 0.15) is 17.3 Å². The van der Waals surface area contributed by atoms with E-state index in [4.69, 9.17) is 22.7 Å². The summed E-state index contributed by atoms with van der Waals surface area (Å²) in [6, 6.07) is 7.09. The Balaban J connectivity index is 1.87. The first-order valence-electron chi connectivity index (χ1n) is 6.22. The molecule has 1 saturated heterocycles. The molecular formula is C13H17N3O2S. The number of nitrogens with one attached hydrogen (secondary N) is 1. The number of anilines is 1. The van der Waals surface area contributed by atoms with Crippen molar-refractivity contribution in [1.82, 2.24) is 4.90 Å². The molecule has 102 valence electrons. The summed E-state index contributed by atoms with van der Waals surface area (Å²) < 4.78 is 5.34. The number of carbonyl (C=O) groups is 1. The smallest absolute Gasteiger partial charge is 0.321 e. The Morgan fingerprint density at radius 2 is 1.95 bits per heavy atom. The van der Waals surface area contributed by atoms with Gasteiger partial charge in [-0.3, -0.25) is 0 Å². The van der Waals surface area contributed by atoms with Crippen LogP contribution >= 0.6 is 12.2 Å². The van der Waals surface area contributed by atoms with E-state index >= 15 is 0 Å². The molecule has 1 aliphatic rings. The molecule has 2 rings (SSSR count). The van der Waals surface area contributed by atoms with Crippen molar-refractivity contribution >= 4 is 28.9 Å². The lowest BCUT2D eigenvalue weighted by molar-refractivity contribution is 0.222. The molecule has 0 unspecified atom stereocenters. The van der Waals surface area contributed by atoms with Gasteiger partial charge in [-0.05, 0) is 37.1 Å². The lowest BCUT2D eigenvalue weighted by Gasteiger charge is -2.16. The summed E-state index contributed by atoms with van der Waals surface area (Å²) in [7, 11) is 0. The van der Waals surface area contributed by atoms with Crippen molar-refractivity contribution in [1.29, 1.82) is 0 Å². The van der Waals surface area contributed by atoms with E-state index in [-0.39, 0.29) is 12.6 Å². The number of likely N-dealkylation sites (tertiary alicyclic amines) is 1. The second-order valence-electron chi connectivity index (χ2n) is 4.40. The summed E-state index contributed by atoms with van der Waals surface area (Å²) in [5, 5.41) is 2.86. The van der Waals surface area contributed by atoms with E-state index in [0.29, 0.717) is 10.7 Å². The Morgan fingerprint density at radius 1 is 1.32 bits per heavy atom. The highest BCUT2D eigenvalue weighted by molar-refractivity contribution is 7.80. The van der Waals surface area contributed by atoms with Crippen molar-refractivity contribution in [2.24, 2.45) is 5.73 Å². The minimum absolute atomic E-state index is 0.0469. The summed E-state index contributed by atoms with van der Waals surface area (Å²) >= 11 is 4.73. The molecule has 6 heteroatoms. The number of ether oxygens (including phenoxy) is 1. The van der Waals surface area contributed by atoms with Gasteiger partial charge in [-0.25, -0.2) is 4.79 Å². The summed E-state index contributed by atoms with van der Waals surface area (Å²) in [5.41, 5.74) is 6.10. The van der Waals surface area contributed by atoms with Crippen LogP contribution in [-0.4, -0.2) is 35.6 Å². The van der Waals surface area contributed by atoms with Crippen molar-refractivity contribution < 1.29 is 9.53 Å². The third-order valence-electron chi connectivity index (χ3n) is 2.88. The number of nitrogens with zero attached hydrogens (tertiary/aromatic N) is 1. The molecule has 0 spiro atoms. The molecule has 5 nitrogen and oxygen atoms in total. The summed E-state index contributed by atoms with van der Waals surface area (Å²) in [4.78, 5) is 14.0. The van der Waals surface area contributed by atoms with Crippen molar-refractivity contribution in [2.75, 3.05) is 25.0 Å². The average molecular weight is 279 g/mol. The van der Waals surface area contributed by atoms with Crippen LogP contribution in [-0.2, 0) is 0 Å². The molecule has 1 aromatic rings. The van der Waals surface area contributed by atoms with Crippen molar-refractivity contribution in [3.8, 4) is 5.75 Å². The normalized spacial score (nSPS) is 14.2. The second-order valence-corrected chi connectivity index (χ2v) is 4.93. The number of hydrogen-bond donors (Lipinski definition) is 2. The third kappa shape index (κ3) is 4.10. The van der Waals surface area contributed by atoms with Crippen LogP contribution in [0.3, 0.4) is 0 Å². The van der Waals surface area contributed by atoms with Crippen LogP contribution < -0.4 is 15.8 Å². The fourth-order valence-electron chi connectivity index (χ4n) is 1.91. The molecule has 1 fully saturated rings. The standard InChI is InChI=1S/C13H17N3O2S/c14-12(19)9-18-11-5-3-10(4-6-11)15-13(17)16-7-1-2-8-16/h3-6H,1-2,7-9H2,(H2,14,19)(H,15,17). The topological polar surface area (TPSA) is 67.6 Å². The van der Waals surface area contributed by atoms with Crippen LogP contribution in [0.15, 0.2) is 24.3 Å². The molecule has 0 bridgehead atoms. The third-order valence-corrected chi connectivity index (χ3v) is 3.00.